The van der Waals surface area contributed by atoms with Crippen LogP contribution in [-0.4, -0.2) is 7.11 Å². The lowest BCUT2D eigenvalue weighted by Crippen LogP contribution is -2.04. The molecule has 0 aliphatic heterocycles. The highest BCUT2D eigenvalue weighted by molar-refractivity contribution is 14.1. The van der Waals surface area contributed by atoms with Crippen LogP contribution in [0, 0.1) is 10.5 Å². The Morgan fingerprint density at radius 3 is 2.44 bits per heavy atom. The summed E-state index contributed by atoms with van der Waals surface area (Å²) in [7, 11) is 1.66. The number of aryl methyl sites for hydroxylation is 1. The monoisotopic (exact) mass is 493 g/mol. The van der Waals surface area contributed by atoms with Crippen LogP contribution in [-0.2, 0) is 13.2 Å². The number of methoxy groups -OCH3 is 1. The molecule has 0 heterocycles. The zero-order valence-electron chi connectivity index (χ0n) is 15.3. The Balaban J connectivity index is 1.72. The molecule has 0 aliphatic rings. The minimum atomic E-state index is 0.504. The Morgan fingerprint density at radius 1 is 1.00 bits per heavy atom. The van der Waals surface area contributed by atoms with Gasteiger partial charge in [-0.05, 0) is 64.9 Å². The first-order chi connectivity index (χ1) is 13.1. The van der Waals surface area contributed by atoms with Crippen LogP contribution in [0.5, 0.6) is 11.5 Å². The Labute approximate surface area is 178 Å². The van der Waals surface area contributed by atoms with Crippen molar-refractivity contribution in [3.63, 3.8) is 0 Å². The molecule has 1 N–H and O–H groups in total. The number of hydrogen-bond donors (Lipinski definition) is 1. The molecule has 0 aromatic heterocycles. The van der Waals surface area contributed by atoms with Crippen LogP contribution in [0.3, 0.4) is 0 Å². The van der Waals surface area contributed by atoms with Crippen molar-refractivity contribution in [1.82, 2.24) is 0 Å². The molecule has 0 saturated heterocycles. The Bertz CT molecular complexity index is 913. The average Bonchev–Trinajstić information content (AvgIpc) is 2.67. The van der Waals surface area contributed by atoms with E-state index in [1.165, 1.54) is 5.56 Å². The molecular weight excluding hydrogens is 473 g/mol. The van der Waals surface area contributed by atoms with Gasteiger partial charge in [0.1, 0.15) is 6.61 Å². The number of nitrogens with one attached hydrogen (secondary N) is 1. The van der Waals surface area contributed by atoms with Gasteiger partial charge in [0.2, 0.25) is 0 Å². The van der Waals surface area contributed by atoms with Crippen molar-refractivity contribution in [3.05, 3.63) is 85.9 Å². The SMILES string of the molecule is COc1cc(CNc2ccccc2Cl)cc(I)c1OCc1ccc(C)cc1. The molecule has 0 radical (unpaired) electrons. The van der Waals surface area contributed by atoms with Gasteiger partial charge in [0.15, 0.2) is 11.5 Å². The second-order valence-corrected chi connectivity index (χ2v) is 7.79. The Kier molecular flexibility index (Phi) is 6.85. The van der Waals surface area contributed by atoms with E-state index in [9.17, 15) is 0 Å². The molecule has 0 aliphatic carbocycles. The number of anilines is 1. The van der Waals surface area contributed by atoms with Gasteiger partial charge < -0.3 is 14.8 Å². The van der Waals surface area contributed by atoms with E-state index in [0.29, 0.717) is 18.2 Å². The summed E-state index contributed by atoms with van der Waals surface area (Å²) < 4.78 is 12.6. The molecule has 0 unspecified atom stereocenters. The summed E-state index contributed by atoms with van der Waals surface area (Å²) >= 11 is 8.49. The van der Waals surface area contributed by atoms with Crippen LogP contribution >= 0.6 is 34.2 Å². The quantitative estimate of drug-likeness (QED) is 0.384. The summed E-state index contributed by atoms with van der Waals surface area (Å²) in [6.45, 7) is 3.23. The summed E-state index contributed by atoms with van der Waals surface area (Å²) in [5.41, 5.74) is 4.37. The normalized spacial score (nSPS) is 10.5. The van der Waals surface area contributed by atoms with Gasteiger partial charge in [0, 0.05) is 6.54 Å². The third kappa shape index (κ3) is 5.30. The van der Waals surface area contributed by atoms with Gasteiger partial charge in [-0.3, -0.25) is 0 Å². The van der Waals surface area contributed by atoms with Crippen molar-refractivity contribution < 1.29 is 9.47 Å². The Morgan fingerprint density at radius 2 is 1.74 bits per heavy atom. The van der Waals surface area contributed by atoms with E-state index < -0.39 is 0 Å². The molecule has 3 nitrogen and oxygen atoms in total. The third-order valence-corrected chi connectivity index (χ3v) is 5.28. The highest BCUT2D eigenvalue weighted by Gasteiger charge is 2.12. The number of hydrogen-bond acceptors (Lipinski definition) is 3. The largest absolute Gasteiger partial charge is 0.493 e. The fourth-order valence-electron chi connectivity index (χ4n) is 2.66. The van der Waals surface area contributed by atoms with Crippen LogP contribution in [0.2, 0.25) is 5.02 Å². The van der Waals surface area contributed by atoms with Crippen molar-refractivity contribution in [2.75, 3.05) is 12.4 Å². The van der Waals surface area contributed by atoms with E-state index in [1.807, 2.05) is 30.3 Å². The number of rotatable bonds is 7. The summed E-state index contributed by atoms with van der Waals surface area (Å²) in [5, 5.41) is 4.06. The standard InChI is InChI=1S/C22H21ClINO2/c1-15-7-9-16(10-8-15)14-27-22-19(24)11-17(12-21(22)26-2)13-25-20-6-4-3-5-18(20)23/h3-12,25H,13-14H2,1-2H3. The van der Waals surface area contributed by atoms with Gasteiger partial charge >= 0.3 is 0 Å². The molecule has 27 heavy (non-hydrogen) atoms. The summed E-state index contributed by atoms with van der Waals surface area (Å²) in [5.74, 6) is 1.49. The molecular formula is C22H21ClINO2. The molecule has 0 saturated carbocycles. The van der Waals surface area contributed by atoms with E-state index in [4.69, 9.17) is 21.1 Å². The molecule has 140 valence electrons. The number of benzene rings is 3. The van der Waals surface area contributed by atoms with Gasteiger partial charge in [-0.2, -0.15) is 0 Å². The lowest BCUT2D eigenvalue weighted by molar-refractivity contribution is 0.282. The number of halogens is 2. The summed E-state index contributed by atoms with van der Waals surface area (Å²) in [4.78, 5) is 0. The molecule has 0 fully saturated rings. The van der Waals surface area contributed by atoms with E-state index in [2.05, 4.69) is 65.2 Å². The van der Waals surface area contributed by atoms with Crippen LogP contribution < -0.4 is 14.8 Å². The van der Waals surface area contributed by atoms with Crippen LogP contribution in [0.15, 0.2) is 60.7 Å². The molecule has 0 atom stereocenters. The lowest BCUT2D eigenvalue weighted by atomic mass is 10.1. The molecule has 3 aromatic rings. The van der Waals surface area contributed by atoms with Gasteiger partial charge in [-0.1, -0.05) is 53.6 Å². The maximum atomic E-state index is 6.21. The molecule has 3 rings (SSSR count). The summed E-state index contributed by atoms with van der Waals surface area (Å²) in [6.07, 6.45) is 0. The van der Waals surface area contributed by atoms with Gasteiger partial charge in [-0.25, -0.2) is 0 Å². The maximum Gasteiger partial charge on any atom is 0.174 e. The number of para-hydroxylation sites is 1. The van der Waals surface area contributed by atoms with Crippen molar-refractivity contribution >= 4 is 39.9 Å². The zero-order chi connectivity index (χ0) is 19.2. The molecule has 0 amide bonds. The second-order valence-electron chi connectivity index (χ2n) is 6.22. The minimum Gasteiger partial charge on any atom is -0.493 e. The summed E-state index contributed by atoms with van der Waals surface area (Å²) in [6, 6.07) is 20.1. The number of ether oxygens (including phenoxy) is 2. The predicted molar refractivity (Wildman–Crippen MR) is 120 cm³/mol. The van der Waals surface area contributed by atoms with Crippen molar-refractivity contribution in [2.24, 2.45) is 0 Å². The fraction of sp³-hybridized carbons (Fsp3) is 0.182. The minimum absolute atomic E-state index is 0.504. The fourth-order valence-corrected chi connectivity index (χ4v) is 3.68. The topological polar surface area (TPSA) is 30.5 Å². The van der Waals surface area contributed by atoms with Crippen LogP contribution in [0.1, 0.15) is 16.7 Å². The van der Waals surface area contributed by atoms with Crippen molar-refractivity contribution in [3.8, 4) is 11.5 Å². The maximum absolute atomic E-state index is 6.21. The van der Waals surface area contributed by atoms with Crippen molar-refractivity contribution in [1.29, 1.82) is 0 Å². The first-order valence-electron chi connectivity index (χ1n) is 8.60. The van der Waals surface area contributed by atoms with E-state index in [-0.39, 0.29) is 0 Å². The highest BCUT2D eigenvalue weighted by Crippen LogP contribution is 2.35. The lowest BCUT2D eigenvalue weighted by Gasteiger charge is -2.15. The smallest absolute Gasteiger partial charge is 0.174 e. The predicted octanol–water partition coefficient (Wildman–Crippen LogP) is 6.45. The van der Waals surface area contributed by atoms with Crippen LogP contribution in [0.4, 0.5) is 5.69 Å². The van der Waals surface area contributed by atoms with Crippen molar-refractivity contribution in [2.45, 2.75) is 20.1 Å². The average molecular weight is 494 g/mol. The zero-order valence-corrected chi connectivity index (χ0v) is 18.2. The van der Waals surface area contributed by atoms with E-state index >= 15 is 0 Å². The second kappa shape index (κ2) is 9.33. The first kappa shape index (κ1) is 19.8. The van der Waals surface area contributed by atoms with Crippen LogP contribution in [0.25, 0.3) is 0 Å². The van der Waals surface area contributed by atoms with Gasteiger partial charge in [-0.15, -0.1) is 0 Å². The molecule has 3 aromatic carbocycles. The molecule has 0 spiro atoms. The van der Waals surface area contributed by atoms with Gasteiger partial charge in [0.05, 0.1) is 21.4 Å². The van der Waals surface area contributed by atoms with Gasteiger partial charge in [0.25, 0.3) is 0 Å². The molecule has 0 bridgehead atoms. The highest BCUT2D eigenvalue weighted by atomic mass is 127. The molecule has 5 heteroatoms. The Hall–Kier alpha value is -1.92. The first-order valence-corrected chi connectivity index (χ1v) is 10.1. The van der Waals surface area contributed by atoms with E-state index in [1.54, 1.807) is 7.11 Å². The third-order valence-electron chi connectivity index (χ3n) is 4.15. The van der Waals surface area contributed by atoms with E-state index in [0.717, 1.165) is 31.9 Å².